The van der Waals surface area contributed by atoms with E-state index in [1.165, 1.54) is 18.2 Å². The van der Waals surface area contributed by atoms with Crippen LogP contribution in [0.1, 0.15) is 24.1 Å². The van der Waals surface area contributed by atoms with E-state index in [1.54, 1.807) is 25.1 Å². The molecule has 0 aliphatic carbocycles. The Hall–Kier alpha value is -1.94. The van der Waals surface area contributed by atoms with E-state index < -0.39 is 5.82 Å². The number of ether oxygens (including phenoxy) is 1. The van der Waals surface area contributed by atoms with Gasteiger partial charge in [0.05, 0.1) is 0 Å². The van der Waals surface area contributed by atoms with Gasteiger partial charge < -0.3 is 10.1 Å². The van der Waals surface area contributed by atoms with Gasteiger partial charge in [0.1, 0.15) is 11.6 Å². The first kappa shape index (κ1) is 14.5. The van der Waals surface area contributed by atoms with Crippen LogP contribution < -0.4 is 10.1 Å². The van der Waals surface area contributed by atoms with Crippen molar-refractivity contribution in [3.8, 4) is 11.5 Å². The summed E-state index contributed by atoms with van der Waals surface area (Å²) in [6.45, 7) is 3.58. The average molecular weight is 277 g/mol. The van der Waals surface area contributed by atoms with Crippen LogP contribution in [-0.2, 0) is 0 Å². The second kappa shape index (κ2) is 6.01. The van der Waals surface area contributed by atoms with Gasteiger partial charge >= 0.3 is 0 Å². The summed E-state index contributed by atoms with van der Waals surface area (Å²) in [5.74, 6) is -0.206. The molecular weight excluding hydrogens is 260 g/mol. The third kappa shape index (κ3) is 3.14. The van der Waals surface area contributed by atoms with Crippen LogP contribution in [0.3, 0.4) is 0 Å². The number of halogens is 2. The maximum absolute atomic E-state index is 14.0. The Bertz CT molecular complexity index is 613. The second-order valence-electron chi connectivity index (χ2n) is 4.71. The maximum atomic E-state index is 14.0. The Morgan fingerprint density at radius 2 is 1.80 bits per heavy atom. The molecule has 0 amide bonds. The Morgan fingerprint density at radius 3 is 2.40 bits per heavy atom. The summed E-state index contributed by atoms with van der Waals surface area (Å²) >= 11 is 0. The third-order valence-electron chi connectivity index (χ3n) is 3.25. The molecule has 0 fully saturated rings. The summed E-state index contributed by atoms with van der Waals surface area (Å²) in [6.07, 6.45) is 0. The van der Waals surface area contributed by atoms with Gasteiger partial charge in [0.25, 0.3) is 0 Å². The SMILES string of the molecule is CNC(C)c1ccc(Oc2ccc(F)c(C)c2)c(F)c1. The number of hydrogen-bond donors (Lipinski definition) is 1. The zero-order chi connectivity index (χ0) is 14.7. The van der Waals surface area contributed by atoms with Gasteiger partial charge in [0.2, 0.25) is 0 Å². The molecule has 0 radical (unpaired) electrons. The van der Waals surface area contributed by atoms with E-state index in [-0.39, 0.29) is 17.6 Å². The fourth-order valence-corrected chi connectivity index (χ4v) is 1.84. The van der Waals surface area contributed by atoms with Gasteiger partial charge in [-0.05, 0) is 62.4 Å². The minimum absolute atomic E-state index is 0.0617. The Balaban J connectivity index is 2.23. The van der Waals surface area contributed by atoms with Crippen molar-refractivity contribution in [2.75, 3.05) is 7.05 Å². The fourth-order valence-electron chi connectivity index (χ4n) is 1.84. The van der Waals surface area contributed by atoms with Gasteiger partial charge in [-0.1, -0.05) is 6.07 Å². The van der Waals surface area contributed by atoms with Crippen molar-refractivity contribution in [2.45, 2.75) is 19.9 Å². The van der Waals surface area contributed by atoms with Crippen molar-refractivity contribution in [2.24, 2.45) is 0 Å². The molecular formula is C16H17F2NO. The van der Waals surface area contributed by atoms with Crippen LogP contribution in [-0.4, -0.2) is 7.05 Å². The van der Waals surface area contributed by atoms with Gasteiger partial charge in [-0.2, -0.15) is 0 Å². The van der Waals surface area contributed by atoms with Crippen molar-refractivity contribution < 1.29 is 13.5 Å². The molecule has 1 atom stereocenters. The summed E-state index contributed by atoms with van der Waals surface area (Å²) < 4.78 is 32.6. The van der Waals surface area contributed by atoms with E-state index in [0.29, 0.717) is 11.3 Å². The zero-order valence-corrected chi connectivity index (χ0v) is 11.7. The van der Waals surface area contributed by atoms with Gasteiger partial charge in [0.15, 0.2) is 11.6 Å². The van der Waals surface area contributed by atoms with Gasteiger partial charge in [0, 0.05) is 6.04 Å². The Morgan fingerprint density at radius 1 is 1.05 bits per heavy atom. The lowest BCUT2D eigenvalue weighted by atomic mass is 10.1. The van der Waals surface area contributed by atoms with Crippen LogP contribution >= 0.6 is 0 Å². The van der Waals surface area contributed by atoms with E-state index in [2.05, 4.69) is 5.32 Å². The average Bonchev–Trinajstić information content (AvgIpc) is 2.44. The molecule has 0 spiro atoms. The van der Waals surface area contributed by atoms with Crippen LogP contribution in [0, 0.1) is 18.6 Å². The maximum Gasteiger partial charge on any atom is 0.166 e. The van der Waals surface area contributed by atoms with E-state index >= 15 is 0 Å². The minimum atomic E-state index is -0.438. The molecule has 1 N–H and O–H groups in total. The number of hydrogen-bond acceptors (Lipinski definition) is 2. The minimum Gasteiger partial charge on any atom is -0.454 e. The lowest BCUT2D eigenvalue weighted by Crippen LogP contribution is -2.12. The molecule has 4 heteroatoms. The van der Waals surface area contributed by atoms with E-state index in [9.17, 15) is 8.78 Å². The summed E-state index contributed by atoms with van der Waals surface area (Å²) in [6, 6.07) is 9.21. The number of benzene rings is 2. The molecule has 20 heavy (non-hydrogen) atoms. The van der Waals surface area contributed by atoms with Crippen molar-refractivity contribution in [1.82, 2.24) is 5.32 Å². The standard InChI is InChI=1S/C16H17F2NO/c1-10-8-13(5-6-14(10)17)20-16-7-4-12(9-15(16)18)11(2)19-3/h4-9,11,19H,1-3H3. The molecule has 106 valence electrons. The predicted molar refractivity (Wildman–Crippen MR) is 75.1 cm³/mol. The number of rotatable bonds is 4. The fraction of sp³-hybridized carbons (Fsp3) is 0.250. The molecule has 1 unspecified atom stereocenters. The van der Waals surface area contributed by atoms with Crippen LogP contribution in [0.15, 0.2) is 36.4 Å². The highest BCUT2D eigenvalue weighted by molar-refractivity contribution is 5.37. The Labute approximate surface area is 117 Å². The van der Waals surface area contributed by atoms with Crippen molar-refractivity contribution in [1.29, 1.82) is 0 Å². The largest absolute Gasteiger partial charge is 0.454 e. The predicted octanol–water partition coefficient (Wildman–Crippen LogP) is 4.35. The quantitative estimate of drug-likeness (QED) is 0.897. The van der Waals surface area contributed by atoms with Crippen molar-refractivity contribution in [3.05, 3.63) is 59.2 Å². The topological polar surface area (TPSA) is 21.3 Å². The van der Waals surface area contributed by atoms with Crippen LogP contribution in [0.5, 0.6) is 11.5 Å². The second-order valence-corrected chi connectivity index (χ2v) is 4.71. The smallest absolute Gasteiger partial charge is 0.166 e. The first-order valence-corrected chi connectivity index (χ1v) is 6.42. The Kier molecular flexibility index (Phi) is 4.35. The monoisotopic (exact) mass is 277 g/mol. The van der Waals surface area contributed by atoms with Gasteiger partial charge in [-0.3, -0.25) is 0 Å². The third-order valence-corrected chi connectivity index (χ3v) is 3.25. The van der Waals surface area contributed by atoms with Crippen LogP contribution in [0.25, 0.3) is 0 Å². The molecule has 0 aromatic heterocycles. The molecule has 0 heterocycles. The molecule has 2 rings (SSSR count). The molecule has 0 aliphatic rings. The molecule has 2 aromatic rings. The zero-order valence-electron chi connectivity index (χ0n) is 11.7. The summed E-state index contributed by atoms with van der Waals surface area (Å²) in [7, 11) is 1.81. The molecule has 2 aromatic carbocycles. The highest BCUT2D eigenvalue weighted by atomic mass is 19.1. The van der Waals surface area contributed by atoms with E-state index in [1.807, 2.05) is 14.0 Å². The number of aryl methyl sites for hydroxylation is 1. The number of nitrogens with one attached hydrogen (secondary N) is 1. The van der Waals surface area contributed by atoms with Gasteiger partial charge in [-0.15, -0.1) is 0 Å². The summed E-state index contributed by atoms with van der Waals surface area (Å²) in [5, 5.41) is 3.04. The normalized spacial score (nSPS) is 12.2. The first-order chi connectivity index (χ1) is 9.51. The molecule has 0 saturated carbocycles. The molecule has 0 aliphatic heterocycles. The lowest BCUT2D eigenvalue weighted by molar-refractivity contribution is 0.439. The van der Waals surface area contributed by atoms with Crippen LogP contribution in [0.2, 0.25) is 0 Å². The highest BCUT2D eigenvalue weighted by Gasteiger charge is 2.10. The van der Waals surface area contributed by atoms with Crippen LogP contribution in [0.4, 0.5) is 8.78 Å². The van der Waals surface area contributed by atoms with E-state index in [0.717, 1.165) is 5.56 Å². The van der Waals surface area contributed by atoms with Crippen molar-refractivity contribution >= 4 is 0 Å². The van der Waals surface area contributed by atoms with Gasteiger partial charge in [-0.25, -0.2) is 8.78 Å². The van der Waals surface area contributed by atoms with Crippen molar-refractivity contribution in [3.63, 3.8) is 0 Å². The molecule has 2 nitrogen and oxygen atoms in total. The van der Waals surface area contributed by atoms with E-state index in [4.69, 9.17) is 4.74 Å². The lowest BCUT2D eigenvalue weighted by Gasteiger charge is -2.13. The summed E-state index contributed by atoms with van der Waals surface area (Å²) in [5.41, 5.74) is 1.30. The highest BCUT2D eigenvalue weighted by Crippen LogP contribution is 2.27. The first-order valence-electron chi connectivity index (χ1n) is 6.42. The molecule has 0 saturated heterocycles. The molecule has 0 bridgehead atoms. The summed E-state index contributed by atoms with van der Waals surface area (Å²) in [4.78, 5) is 0.